The fourth-order valence-electron chi connectivity index (χ4n) is 1.73. The minimum absolute atomic E-state index is 0.282. The molecule has 0 aliphatic heterocycles. The Labute approximate surface area is 111 Å². The van der Waals surface area contributed by atoms with Gasteiger partial charge in [-0.3, -0.25) is 15.1 Å². The van der Waals surface area contributed by atoms with E-state index in [0.717, 1.165) is 11.4 Å². The first-order chi connectivity index (χ1) is 8.95. The van der Waals surface area contributed by atoms with Crippen LogP contribution >= 0.6 is 0 Å². The number of nitrogen functional groups attached to an aromatic ring is 1. The van der Waals surface area contributed by atoms with Crippen molar-refractivity contribution in [3.05, 3.63) is 41.0 Å². The minimum Gasteiger partial charge on any atom is -0.397 e. The average Bonchev–Trinajstić information content (AvgIpc) is 2.30. The average molecular weight is 257 g/mol. The van der Waals surface area contributed by atoms with Crippen LogP contribution in [-0.4, -0.2) is 20.9 Å². The molecule has 0 aliphatic carbocycles. The first-order valence-corrected chi connectivity index (χ1v) is 5.81. The highest BCUT2D eigenvalue weighted by atomic mass is 16.1. The van der Waals surface area contributed by atoms with Gasteiger partial charge in [0, 0.05) is 11.4 Å². The third kappa shape index (κ3) is 3.04. The Hall–Kier alpha value is -2.50. The van der Waals surface area contributed by atoms with E-state index in [1.807, 2.05) is 19.9 Å². The Morgan fingerprint density at radius 1 is 1.16 bits per heavy atom. The molecule has 3 N–H and O–H groups in total. The summed E-state index contributed by atoms with van der Waals surface area (Å²) in [6.45, 7) is 5.44. The van der Waals surface area contributed by atoms with Crippen LogP contribution in [0, 0.1) is 20.8 Å². The molecule has 2 rings (SSSR count). The zero-order chi connectivity index (χ0) is 14.0. The molecule has 98 valence electrons. The van der Waals surface area contributed by atoms with Crippen LogP contribution in [0.15, 0.2) is 18.3 Å². The van der Waals surface area contributed by atoms with Gasteiger partial charge in [-0.15, -0.1) is 0 Å². The van der Waals surface area contributed by atoms with Gasteiger partial charge in [0.05, 0.1) is 23.1 Å². The van der Waals surface area contributed by atoms with Crippen LogP contribution in [0.4, 0.5) is 11.6 Å². The topological polar surface area (TPSA) is 93.8 Å². The molecule has 6 heteroatoms. The number of aromatic nitrogens is 3. The summed E-state index contributed by atoms with van der Waals surface area (Å²) in [4.78, 5) is 24.5. The number of amides is 1. The van der Waals surface area contributed by atoms with Crippen molar-refractivity contribution < 1.29 is 4.79 Å². The summed E-state index contributed by atoms with van der Waals surface area (Å²) in [5.41, 5.74) is 8.69. The van der Waals surface area contributed by atoms with E-state index in [-0.39, 0.29) is 11.9 Å². The largest absolute Gasteiger partial charge is 0.397 e. The number of aryl methyl sites for hydroxylation is 3. The van der Waals surface area contributed by atoms with E-state index in [4.69, 9.17) is 5.73 Å². The second-order valence-corrected chi connectivity index (χ2v) is 4.33. The van der Waals surface area contributed by atoms with Gasteiger partial charge in [-0.1, -0.05) is 0 Å². The molecule has 0 radical (unpaired) electrons. The summed E-state index contributed by atoms with van der Waals surface area (Å²) in [5.74, 6) is -0.0355. The summed E-state index contributed by atoms with van der Waals surface area (Å²) in [5, 5.41) is 2.65. The molecule has 0 unspecified atom stereocenters. The molecule has 0 spiro atoms. The van der Waals surface area contributed by atoms with Crippen molar-refractivity contribution in [1.29, 1.82) is 0 Å². The molecule has 0 saturated carbocycles. The number of carbonyl (C=O) groups is 1. The van der Waals surface area contributed by atoms with E-state index in [9.17, 15) is 4.79 Å². The van der Waals surface area contributed by atoms with Gasteiger partial charge in [0.25, 0.3) is 5.91 Å². The Kier molecular flexibility index (Phi) is 3.41. The maximum atomic E-state index is 12.1. The zero-order valence-electron chi connectivity index (χ0n) is 11.1. The van der Waals surface area contributed by atoms with Crippen molar-refractivity contribution in [2.75, 3.05) is 11.1 Å². The van der Waals surface area contributed by atoms with Crippen molar-refractivity contribution >= 4 is 17.5 Å². The molecule has 2 heterocycles. The maximum absolute atomic E-state index is 12.1. The Balaban J connectivity index is 2.28. The van der Waals surface area contributed by atoms with E-state index in [2.05, 4.69) is 20.3 Å². The lowest BCUT2D eigenvalue weighted by Crippen LogP contribution is -2.17. The lowest BCUT2D eigenvalue weighted by atomic mass is 10.2. The van der Waals surface area contributed by atoms with Gasteiger partial charge in [-0.2, -0.15) is 0 Å². The number of rotatable bonds is 2. The monoisotopic (exact) mass is 257 g/mol. The van der Waals surface area contributed by atoms with Crippen molar-refractivity contribution in [1.82, 2.24) is 15.0 Å². The van der Waals surface area contributed by atoms with Crippen LogP contribution in [0.1, 0.15) is 27.4 Å². The fourth-order valence-corrected chi connectivity index (χ4v) is 1.73. The van der Waals surface area contributed by atoms with Crippen LogP contribution in [-0.2, 0) is 0 Å². The number of hydrogen-bond donors (Lipinski definition) is 2. The number of pyridine rings is 1. The summed E-state index contributed by atoms with van der Waals surface area (Å²) < 4.78 is 0. The van der Waals surface area contributed by atoms with E-state index < -0.39 is 0 Å². The number of nitrogens with one attached hydrogen (secondary N) is 1. The number of anilines is 2. The molecule has 6 nitrogen and oxygen atoms in total. The van der Waals surface area contributed by atoms with Crippen LogP contribution in [0.2, 0.25) is 0 Å². The third-order valence-corrected chi connectivity index (χ3v) is 2.56. The molecule has 1 amide bonds. The molecule has 2 aromatic heterocycles. The second kappa shape index (κ2) is 5.01. The second-order valence-electron chi connectivity index (χ2n) is 4.33. The number of nitrogens with zero attached hydrogens (tertiary/aromatic N) is 3. The fraction of sp³-hybridized carbons (Fsp3) is 0.231. The maximum Gasteiger partial charge on any atom is 0.259 e. The van der Waals surface area contributed by atoms with Gasteiger partial charge in [0.15, 0.2) is 0 Å². The molecule has 0 saturated heterocycles. The van der Waals surface area contributed by atoms with Crippen LogP contribution in [0.3, 0.4) is 0 Å². The van der Waals surface area contributed by atoms with E-state index in [1.54, 1.807) is 13.0 Å². The first kappa shape index (κ1) is 12.9. The smallest absolute Gasteiger partial charge is 0.259 e. The summed E-state index contributed by atoms with van der Waals surface area (Å²) in [6.07, 6.45) is 1.51. The molecule has 0 atom stereocenters. The van der Waals surface area contributed by atoms with Gasteiger partial charge in [0.1, 0.15) is 0 Å². The van der Waals surface area contributed by atoms with Gasteiger partial charge < -0.3 is 5.73 Å². The highest BCUT2D eigenvalue weighted by molar-refractivity contribution is 6.04. The minimum atomic E-state index is -0.317. The van der Waals surface area contributed by atoms with Crippen molar-refractivity contribution in [3.63, 3.8) is 0 Å². The summed E-state index contributed by atoms with van der Waals surface area (Å²) in [7, 11) is 0. The lowest BCUT2D eigenvalue weighted by Gasteiger charge is -2.07. The summed E-state index contributed by atoms with van der Waals surface area (Å²) in [6, 6.07) is 3.42. The van der Waals surface area contributed by atoms with E-state index in [1.165, 1.54) is 6.20 Å². The molecule has 0 aliphatic rings. The third-order valence-electron chi connectivity index (χ3n) is 2.56. The first-order valence-electron chi connectivity index (χ1n) is 5.81. The van der Waals surface area contributed by atoms with Crippen LogP contribution in [0.5, 0.6) is 0 Å². The number of nitrogens with two attached hydrogens (primary N) is 1. The highest BCUT2D eigenvalue weighted by Gasteiger charge is 2.12. The van der Waals surface area contributed by atoms with Crippen molar-refractivity contribution in [3.8, 4) is 0 Å². The lowest BCUT2D eigenvalue weighted by molar-refractivity contribution is 0.102. The van der Waals surface area contributed by atoms with Gasteiger partial charge in [-0.05, 0) is 32.9 Å². The predicted octanol–water partition coefficient (Wildman–Crippen LogP) is 1.63. The Morgan fingerprint density at radius 3 is 2.42 bits per heavy atom. The van der Waals surface area contributed by atoms with E-state index >= 15 is 0 Å². The van der Waals surface area contributed by atoms with E-state index in [0.29, 0.717) is 16.9 Å². The van der Waals surface area contributed by atoms with Crippen molar-refractivity contribution in [2.24, 2.45) is 0 Å². The molecular formula is C13H15N5O. The van der Waals surface area contributed by atoms with Crippen LogP contribution in [0.25, 0.3) is 0 Å². The highest BCUT2D eigenvalue weighted by Crippen LogP contribution is 2.12. The molecule has 0 bridgehead atoms. The predicted molar refractivity (Wildman–Crippen MR) is 72.8 cm³/mol. The van der Waals surface area contributed by atoms with Gasteiger partial charge in [0.2, 0.25) is 5.95 Å². The van der Waals surface area contributed by atoms with Crippen LogP contribution < -0.4 is 11.1 Å². The Morgan fingerprint density at radius 2 is 1.79 bits per heavy atom. The quantitative estimate of drug-likeness (QED) is 0.852. The standard InChI is InChI=1S/C13H15N5O/c1-7-4-8(2)17-13(16-7)18-12(19)11-5-10(14)6-15-9(11)3/h4-6H,14H2,1-3H3,(H,16,17,18,19). The van der Waals surface area contributed by atoms with Gasteiger partial charge >= 0.3 is 0 Å². The van der Waals surface area contributed by atoms with Crippen molar-refractivity contribution in [2.45, 2.75) is 20.8 Å². The molecule has 2 aromatic rings. The normalized spacial score (nSPS) is 10.3. The van der Waals surface area contributed by atoms with Gasteiger partial charge in [-0.25, -0.2) is 9.97 Å². The Bertz CT molecular complexity index is 619. The zero-order valence-corrected chi connectivity index (χ0v) is 11.1. The molecule has 19 heavy (non-hydrogen) atoms. The number of carbonyl (C=O) groups excluding carboxylic acids is 1. The molecular weight excluding hydrogens is 242 g/mol. The number of hydrogen-bond acceptors (Lipinski definition) is 5. The molecule has 0 fully saturated rings. The SMILES string of the molecule is Cc1cc(C)nc(NC(=O)c2cc(N)cnc2C)n1. The summed E-state index contributed by atoms with van der Waals surface area (Å²) >= 11 is 0. The molecule has 0 aromatic carbocycles.